The van der Waals surface area contributed by atoms with Gasteiger partial charge in [-0.15, -0.1) is 0 Å². The zero-order chi connectivity index (χ0) is 21.6. The van der Waals surface area contributed by atoms with E-state index in [1.54, 1.807) is 25.2 Å². The van der Waals surface area contributed by atoms with Crippen LogP contribution in [0.1, 0.15) is 19.8 Å². The first-order chi connectivity index (χ1) is 14.4. The molecular formula is C21H27ClN2O5S. The van der Waals surface area contributed by atoms with E-state index in [1.807, 2.05) is 0 Å². The van der Waals surface area contributed by atoms with Gasteiger partial charge in [0, 0.05) is 24.8 Å². The molecule has 1 aromatic carbocycles. The number of sulfone groups is 1. The van der Waals surface area contributed by atoms with Crippen LogP contribution in [-0.2, 0) is 24.1 Å². The van der Waals surface area contributed by atoms with E-state index in [0.717, 1.165) is 19.4 Å². The molecule has 0 radical (unpaired) electrons. The van der Waals surface area contributed by atoms with Crippen LogP contribution in [-0.4, -0.2) is 57.7 Å². The Labute approximate surface area is 182 Å². The Kier molecular flexibility index (Phi) is 7.70. The van der Waals surface area contributed by atoms with Gasteiger partial charge >= 0.3 is 0 Å². The van der Waals surface area contributed by atoms with Crippen LogP contribution in [0.4, 0.5) is 0 Å². The summed E-state index contributed by atoms with van der Waals surface area (Å²) in [5.74, 6) is -0.234. The van der Waals surface area contributed by atoms with Gasteiger partial charge < -0.3 is 14.8 Å². The topological polar surface area (TPSA) is 93.7 Å². The summed E-state index contributed by atoms with van der Waals surface area (Å²) in [6, 6.07) is 5.21. The summed E-state index contributed by atoms with van der Waals surface area (Å²) in [7, 11) is -3.96. The van der Waals surface area contributed by atoms with Crippen LogP contribution in [0.2, 0.25) is 5.02 Å². The lowest BCUT2D eigenvalue weighted by molar-refractivity contribution is -0.121. The molecule has 1 aromatic rings. The van der Waals surface area contributed by atoms with Crippen molar-refractivity contribution in [2.45, 2.75) is 41.7 Å². The molecule has 2 aliphatic rings. The molecule has 1 aliphatic heterocycles. The summed E-state index contributed by atoms with van der Waals surface area (Å²) in [4.78, 5) is 10.7. The highest BCUT2D eigenvalue weighted by atomic mass is 35.5. The molecule has 1 saturated heterocycles. The third-order valence-corrected chi connectivity index (χ3v) is 7.62. The maximum Gasteiger partial charge on any atom is 0.234 e. The number of carbonyl (C=O) groups excluding carboxylic acids is 1. The lowest BCUT2D eigenvalue weighted by Gasteiger charge is -2.38. The van der Waals surface area contributed by atoms with Gasteiger partial charge in [-0.25, -0.2) is 8.42 Å². The maximum atomic E-state index is 13.6. The third kappa shape index (κ3) is 4.95. The largest absolute Gasteiger partial charge is 0.376 e. The average molecular weight is 455 g/mol. The second-order valence-corrected chi connectivity index (χ2v) is 9.71. The van der Waals surface area contributed by atoms with E-state index in [2.05, 4.69) is 10.6 Å². The van der Waals surface area contributed by atoms with E-state index >= 15 is 0 Å². The normalized spacial score (nSPS) is 26.1. The van der Waals surface area contributed by atoms with Crippen molar-refractivity contribution in [1.29, 1.82) is 0 Å². The van der Waals surface area contributed by atoms with Crippen molar-refractivity contribution >= 4 is 27.3 Å². The fourth-order valence-electron chi connectivity index (χ4n) is 3.61. The SMILES string of the molecule is CCOC1(S(=O)(=O)c2ccc(Cl)cc2)C=CC=CC1NCC(=O)NCC1CCCO1. The van der Waals surface area contributed by atoms with Gasteiger partial charge in [0.1, 0.15) is 0 Å². The molecule has 3 rings (SSSR count). The first-order valence-electron chi connectivity index (χ1n) is 10.0. The number of halogens is 1. The van der Waals surface area contributed by atoms with Crippen molar-refractivity contribution in [2.75, 3.05) is 26.3 Å². The van der Waals surface area contributed by atoms with E-state index in [0.29, 0.717) is 11.6 Å². The fraction of sp³-hybridized carbons (Fsp3) is 0.476. The fourth-order valence-corrected chi connectivity index (χ4v) is 5.62. The first-order valence-corrected chi connectivity index (χ1v) is 11.9. The molecule has 3 unspecified atom stereocenters. The minimum Gasteiger partial charge on any atom is -0.376 e. The summed E-state index contributed by atoms with van der Waals surface area (Å²) < 4.78 is 38.4. The molecule has 1 fully saturated rings. The second kappa shape index (κ2) is 10.1. The predicted molar refractivity (Wildman–Crippen MR) is 115 cm³/mol. The number of nitrogens with one attached hydrogen (secondary N) is 2. The Bertz CT molecular complexity index is 894. The summed E-state index contributed by atoms with van der Waals surface area (Å²) in [5, 5.41) is 6.31. The lowest BCUT2D eigenvalue weighted by atomic mass is 10.0. The molecule has 0 spiro atoms. The quantitative estimate of drug-likeness (QED) is 0.594. The van der Waals surface area contributed by atoms with Crippen LogP contribution < -0.4 is 10.6 Å². The Morgan fingerprint density at radius 1 is 1.30 bits per heavy atom. The monoisotopic (exact) mass is 454 g/mol. The summed E-state index contributed by atoms with van der Waals surface area (Å²) in [6.07, 6.45) is 8.54. The number of carbonyl (C=O) groups is 1. The van der Waals surface area contributed by atoms with E-state index in [1.165, 1.54) is 30.3 Å². The average Bonchev–Trinajstić information content (AvgIpc) is 3.25. The molecule has 9 heteroatoms. The number of hydrogen-bond acceptors (Lipinski definition) is 6. The van der Waals surface area contributed by atoms with Gasteiger partial charge in [0.05, 0.1) is 23.6 Å². The third-order valence-electron chi connectivity index (χ3n) is 5.12. The van der Waals surface area contributed by atoms with Gasteiger partial charge in [-0.2, -0.15) is 0 Å². The van der Waals surface area contributed by atoms with Crippen molar-refractivity contribution in [3.05, 3.63) is 53.6 Å². The molecule has 2 N–H and O–H groups in total. The van der Waals surface area contributed by atoms with Crippen molar-refractivity contribution < 1.29 is 22.7 Å². The van der Waals surface area contributed by atoms with Gasteiger partial charge in [-0.3, -0.25) is 10.1 Å². The highest BCUT2D eigenvalue weighted by Gasteiger charge is 2.50. The molecule has 7 nitrogen and oxygen atoms in total. The van der Waals surface area contributed by atoms with Crippen LogP contribution in [0.5, 0.6) is 0 Å². The van der Waals surface area contributed by atoms with Crippen LogP contribution in [0.15, 0.2) is 53.5 Å². The highest BCUT2D eigenvalue weighted by Crippen LogP contribution is 2.35. The van der Waals surface area contributed by atoms with Crippen LogP contribution in [0, 0.1) is 0 Å². The van der Waals surface area contributed by atoms with E-state index in [-0.39, 0.29) is 30.1 Å². The highest BCUT2D eigenvalue weighted by molar-refractivity contribution is 7.93. The molecule has 30 heavy (non-hydrogen) atoms. The van der Waals surface area contributed by atoms with Crippen LogP contribution >= 0.6 is 11.6 Å². The van der Waals surface area contributed by atoms with E-state index in [9.17, 15) is 13.2 Å². The van der Waals surface area contributed by atoms with Crippen LogP contribution in [0.3, 0.4) is 0 Å². The van der Waals surface area contributed by atoms with Gasteiger partial charge in [0.25, 0.3) is 0 Å². The van der Waals surface area contributed by atoms with Gasteiger partial charge in [0.2, 0.25) is 20.7 Å². The molecule has 164 valence electrons. The molecule has 0 bridgehead atoms. The lowest BCUT2D eigenvalue weighted by Crippen LogP contribution is -2.57. The van der Waals surface area contributed by atoms with E-state index < -0.39 is 20.8 Å². The van der Waals surface area contributed by atoms with Crippen molar-refractivity contribution in [3.63, 3.8) is 0 Å². The maximum absolute atomic E-state index is 13.6. The van der Waals surface area contributed by atoms with E-state index in [4.69, 9.17) is 21.1 Å². The zero-order valence-electron chi connectivity index (χ0n) is 16.8. The van der Waals surface area contributed by atoms with Crippen molar-refractivity contribution in [3.8, 4) is 0 Å². The van der Waals surface area contributed by atoms with Crippen LogP contribution in [0.25, 0.3) is 0 Å². The number of amides is 1. The standard InChI is InChI=1S/C21H27ClN2O5S/c1-2-29-21(30(26,27)18-10-8-16(22)9-11-18)12-4-3-7-19(21)23-15-20(25)24-14-17-6-5-13-28-17/h3-4,7-12,17,19,23H,2,5-6,13-15H2,1H3,(H,24,25). The van der Waals surface area contributed by atoms with Gasteiger partial charge in [-0.05, 0) is 50.1 Å². The smallest absolute Gasteiger partial charge is 0.234 e. The minimum absolute atomic E-state index is 0.0410. The number of benzene rings is 1. The molecule has 1 aliphatic carbocycles. The summed E-state index contributed by atoms with van der Waals surface area (Å²) >= 11 is 5.92. The predicted octanol–water partition coefficient (Wildman–Crippen LogP) is 2.23. The number of allylic oxidation sites excluding steroid dienone is 2. The molecule has 3 atom stereocenters. The Morgan fingerprint density at radius 2 is 2.07 bits per heavy atom. The molecule has 0 saturated carbocycles. The molecule has 1 heterocycles. The second-order valence-electron chi connectivity index (χ2n) is 7.15. The summed E-state index contributed by atoms with van der Waals surface area (Å²) in [5.41, 5.74) is 0. The van der Waals surface area contributed by atoms with Crippen molar-refractivity contribution in [2.24, 2.45) is 0 Å². The first kappa shape index (κ1) is 23.0. The Morgan fingerprint density at radius 3 is 2.73 bits per heavy atom. The minimum atomic E-state index is -3.96. The number of ether oxygens (including phenoxy) is 2. The molecular weight excluding hydrogens is 428 g/mol. The Hall–Kier alpha value is -1.71. The number of hydrogen-bond donors (Lipinski definition) is 2. The Balaban J connectivity index is 1.76. The van der Waals surface area contributed by atoms with Gasteiger partial charge in [0.15, 0.2) is 0 Å². The molecule has 0 aromatic heterocycles. The number of rotatable bonds is 9. The summed E-state index contributed by atoms with van der Waals surface area (Å²) in [6.45, 7) is 3.02. The van der Waals surface area contributed by atoms with Crippen molar-refractivity contribution in [1.82, 2.24) is 10.6 Å². The zero-order valence-corrected chi connectivity index (χ0v) is 18.4. The van der Waals surface area contributed by atoms with Gasteiger partial charge in [-0.1, -0.05) is 29.8 Å². The molecule has 1 amide bonds.